The van der Waals surface area contributed by atoms with Gasteiger partial charge >= 0.3 is 6.61 Å². The zero-order valence-electron chi connectivity index (χ0n) is 12.7. The molecule has 0 spiro atoms. The number of nitro groups is 1. The van der Waals surface area contributed by atoms with E-state index in [0.717, 1.165) is 11.8 Å². The van der Waals surface area contributed by atoms with Crippen LogP contribution in [0.2, 0.25) is 0 Å². The van der Waals surface area contributed by atoms with Crippen LogP contribution < -0.4 is 14.8 Å². The standard InChI is InChI=1S/C15H15F2N3O4/c1-2-23-13-7-10(3-5-12(13)24-15(16)17)8-18-14-6-4-11(9-19-14)20(21)22/h3-7,9,15H,2,8H2,1H3,(H,18,19). The fourth-order valence-electron chi connectivity index (χ4n) is 1.92. The molecule has 0 fully saturated rings. The largest absolute Gasteiger partial charge is 0.490 e. The van der Waals surface area contributed by atoms with Crippen LogP contribution in [0.1, 0.15) is 12.5 Å². The van der Waals surface area contributed by atoms with Crippen LogP contribution in [0.5, 0.6) is 11.5 Å². The SMILES string of the molecule is CCOc1cc(CNc2ccc([N+](=O)[O-])cn2)ccc1OC(F)F. The number of nitrogens with zero attached hydrogens (tertiary/aromatic N) is 2. The highest BCUT2D eigenvalue weighted by atomic mass is 19.3. The summed E-state index contributed by atoms with van der Waals surface area (Å²) in [7, 11) is 0. The molecular weight excluding hydrogens is 324 g/mol. The normalized spacial score (nSPS) is 10.5. The highest BCUT2D eigenvalue weighted by Gasteiger charge is 2.12. The third kappa shape index (κ3) is 4.77. The Morgan fingerprint density at radius 3 is 2.67 bits per heavy atom. The van der Waals surface area contributed by atoms with E-state index in [4.69, 9.17) is 4.74 Å². The molecule has 0 amide bonds. The monoisotopic (exact) mass is 339 g/mol. The van der Waals surface area contributed by atoms with Crippen molar-refractivity contribution in [2.75, 3.05) is 11.9 Å². The minimum Gasteiger partial charge on any atom is -0.490 e. The first kappa shape index (κ1) is 17.4. The quantitative estimate of drug-likeness (QED) is 0.584. The van der Waals surface area contributed by atoms with Gasteiger partial charge in [-0.05, 0) is 30.7 Å². The van der Waals surface area contributed by atoms with Crippen LogP contribution in [0.4, 0.5) is 20.3 Å². The summed E-state index contributed by atoms with van der Waals surface area (Å²) in [5.41, 5.74) is 0.646. The number of pyridine rings is 1. The zero-order chi connectivity index (χ0) is 17.5. The molecule has 24 heavy (non-hydrogen) atoms. The van der Waals surface area contributed by atoms with Crippen molar-refractivity contribution in [1.29, 1.82) is 0 Å². The van der Waals surface area contributed by atoms with Gasteiger partial charge in [0.25, 0.3) is 5.69 Å². The Kier molecular flexibility index (Phi) is 5.83. The van der Waals surface area contributed by atoms with Crippen molar-refractivity contribution in [3.63, 3.8) is 0 Å². The lowest BCUT2D eigenvalue weighted by Crippen LogP contribution is -2.06. The van der Waals surface area contributed by atoms with Gasteiger partial charge in [-0.15, -0.1) is 0 Å². The van der Waals surface area contributed by atoms with E-state index in [1.54, 1.807) is 19.1 Å². The Morgan fingerprint density at radius 2 is 2.08 bits per heavy atom. The van der Waals surface area contributed by atoms with E-state index in [2.05, 4.69) is 15.0 Å². The molecule has 0 aliphatic rings. The van der Waals surface area contributed by atoms with Crippen molar-refractivity contribution in [3.8, 4) is 11.5 Å². The highest BCUT2D eigenvalue weighted by Crippen LogP contribution is 2.30. The molecule has 0 atom stereocenters. The number of hydrogen-bond acceptors (Lipinski definition) is 6. The number of hydrogen-bond donors (Lipinski definition) is 1. The lowest BCUT2D eigenvalue weighted by atomic mass is 10.2. The molecule has 2 rings (SSSR count). The second kappa shape index (κ2) is 8.04. The van der Waals surface area contributed by atoms with Crippen LogP contribution in [0.15, 0.2) is 36.5 Å². The zero-order valence-corrected chi connectivity index (χ0v) is 12.7. The van der Waals surface area contributed by atoms with E-state index in [-0.39, 0.29) is 17.2 Å². The van der Waals surface area contributed by atoms with Crippen molar-refractivity contribution in [2.45, 2.75) is 20.1 Å². The number of alkyl halides is 2. The van der Waals surface area contributed by atoms with Crippen molar-refractivity contribution >= 4 is 11.5 Å². The minimum absolute atomic E-state index is 0.0379. The summed E-state index contributed by atoms with van der Waals surface area (Å²) in [6, 6.07) is 7.41. The molecule has 1 N–H and O–H groups in total. The van der Waals surface area contributed by atoms with Gasteiger partial charge in [-0.3, -0.25) is 10.1 Å². The topological polar surface area (TPSA) is 86.5 Å². The molecule has 0 unspecified atom stereocenters. The molecule has 0 aliphatic heterocycles. The summed E-state index contributed by atoms with van der Waals surface area (Å²) < 4.78 is 34.4. The molecule has 7 nitrogen and oxygen atoms in total. The van der Waals surface area contributed by atoms with Crippen molar-refractivity contribution < 1.29 is 23.2 Å². The number of halogens is 2. The van der Waals surface area contributed by atoms with Crippen LogP contribution >= 0.6 is 0 Å². The van der Waals surface area contributed by atoms with Crippen LogP contribution in [0.3, 0.4) is 0 Å². The molecule has 128 valence electrons. The first-order valence-corrected chi connectivity index (χ1v) is 7.04. The Hall–Kier alpha value is -2.97. The van der Waals surface area contributed by atoms with Crippen molar-refractivity contribution in [1.82, 2.24) is 4.98 Å². The van der Waals surface area contributed by atoms with E-state index >= 15 is 0 Å². The predicted molar refractivity (Wildman–Crippen MR) is 82.5 cm³/mol. The average Bonchev–Trinajstić information content (AvgIpc) is 2.55. The smallest absolute Gasteiger partial charge is 0.387 e. The third-order valence-electron chi connectivity index (χ3n) is 2.96. The Bertz CT molecular complexity index is 696. The molecule has 0 radical (unpaired) electrons. The number of anilines is 1. The Morgan fingerprint density at radius 1 is 1.29 bits per heavy atom. The summed E-state index contributed by atoms with van der Waals surface area (Å²) in [4.78, 5) is 14.0. The second-order valence-electron chi connectivity index (χ2n) is 4.60. The predicted octanol–water partition coefficient (Wildman–Crippen LogP) is 3.60. The van der Waals surface area contributed by atoms with Crippen LogP contribution in [0.25, 0.3) is 0 Å². The molecule has 0 saturated heterocycles. The van der Waals surface area contributed by atoms with E-state index in [0.29, 0.717) is 19.0 Å². The lowest BCUT2D eigenvalue weighted by Gasteiger charge is -2.13. The van der Waals surface area contributed by atoms with Gasteiger partial charge in [0.2, 0.25) is 0 Å². The number of ether oxygens (including phenoxy) is 2. The van der Waals surface area contributed by atoms with Gasteiger partial charge in [0, 0.05) is 12.6 Å². The minimum atomic E-state index is -2.93. The van der Waals surface area contributed by atoms with Crippen LogP contribution in [-0.4, -0.2) is 23.1 Å². The maximum absolute atomic E-state index is 12.4. The van der Waals surface area contributed by atoms with E-state index < -0.39 is 11.5 Å². The third-order valence-corrected chi connectivity index (χ3v) is 2.96. The molecule has 0 bridgehead atoms. The maximum atomic E-state index is 12.4. The first-order valence-electron chi connectivity index (χ1n) is 7.04. The first-order chi connectivity index (χ1) is 11.5. The van der Waals surface area contributed by atoms with Gasteiger partial charge in [0.1, 0.15) is 12.0 Å². The molecule has 1 aromatic heterocycles. The second-order valence-corrected chi connectivity index (χ2v) is 4.60. The van der Waals surface area contributed by atoms with E-state index in [9.17, 15) is 18.9 Å². The number of rotatable bonds is 8. The fraction of sp³-hybridized carbons (Fsp3) is 0.267. The Labute approximate surface area is 136 Å². The number of nitrogens with one attached hydrogen (secondary N) is 1. The summed E-state index contributed by atoms with van der Waals surface area (Å²) in [6.07, 6.45) is 1.15. The van der Waals surface area contributed by atoms with Crippen molar-refractivity contribution in [3.05, 3.63) is 52.2 Å². The fourth-order valence-corrected chi connectivity index (χ4v) is 1.92. The molecule has 0 aliphatic carbocycles. The molecular formula is C15H15F2N3O4. The molecule has 1 heterocycles. The molecule has 9 heteroatoms. The summed E-state index contributed by atoms with van der Waals surface area (Å²) in [6.45, 7) is -0.560. The maximum Gasteiger partial charge on any atom is 0.387 e. The van der Waals surface area contributed by atoms with Gasteiger partial charge in [-0.2, -0.15) is 8.78 Å². The lowest BCUT2D eigenvalue weighted by molar-refractivity contribution is -0.385. The van der Waals surface area contributed by atoms with Gasteiger partial charge in [0.05, 0.1) is 11.5 Å². The van der Waals surface area contributed by atoms with Gasteiger partial charge in [0.15, 0.2) is 11.5 Å². The van der Waals surface area contributed by atoms with E-state index in [1.165, 1.54) is 18.2 Å². The molecule has 0 saturated carbocycles. The van der Waals surface area contributed by atoms with Gasteiger partial charge in [-0.1, -0.05) is 6.07 Å². The van der Waals surface area contributed by atoms with E-state index in [1.807, 2.05) is 0 Å². The Balaban J connectivity index is 2.06. The number of benzene rings is 1. The molecule has 1 aromatic carbocycles. The van der Waals surface area contributed by atoms with Gasteiger partial charge < -0.3 is 14.8 Å². The van der Waals surface area contributed by atoms with Crippen molar-refractivity contribution in [2.24, 2.45) is 0 Å². The highest BCUT2D eigenvalue weighted by molar-refractivity contribution is 5.45. The molecule has 2 aromatic rings. The summed E-state index contributed by atoms with van der Waals surface area (Å²) in [5, 5.41) is 13.5. The van der Waals surface area contributed by atoms with Gasteiger partial charge in [-0.25, -0.2) is 4.98 Å². The summed E-state index contributed by atoms with van der Waals surface area (Å²) in [5.74, 6) is 0.629. The van der Waals surface area contributed by atoms with Crippen LogP contribution in [-0.2, 0) is 6.54 Å². The number of aromatic nitrogens is 1. The average molecular weight is 339 g/mol. The summed E-state index contributed by atoms with van der Waals surface area (Å²) >= 11 is 0. The van der Waals surface area contributed by atoms with Crippen LogP contribution in [0, 0.1) is 10.1 Å².